The zero-order valence-corrected chi connectivity index (χ0v) is 14.4. The summed E-state index contributed by atoms with van der Waals surface area (Å²) in [6.07, 6.45) is 8.12. The zero-order chi connectivity index (χ0) is 17.9. The molecule has 2 aliphatic carbocycles. The Bertz CT molecular complexity index is 650. The molecule has 0 unspecified atom stereocenters. The van der Waals surface area contributed by atoms with Crippen LogP contribution >= 0.6 is 0 Å². The Morgan fingerprint density at radius 1 is 1.04 bits per heavy atom. The number of benzene rings is 1. The number of amides is 2. The minimum atomic E-state index is -0.847. The summed E-state index contributed by atoms with van der Waals surface area (Å²) < 4.78 is 14.1. The fourth-order valence-corrected chi connectivity index (χ4v) is 3.79. The minimum Gasteiger partial charge on any atom is -0.324 e. The summed E-state index contributed by atoms with van der Waals surface area (Å²) >= 11 is 0. The number of nitrogens with one attached hydrogen (secondary N) is 2. The minimum absolute atomic E-state index is 0.0582. The van der Waals surface area contributed by atoms with Crippen molar-refractivity contribution < 1.29 is 14.0 Å². The molecule has 1 aromatic rings. The molecule has 0 spiro atoms. The lowest BCUT2D eigenvalue weighted by atomic mass is 9.88. The second kappa shape index (κ2) is 7.52. The van der Waals surface area contributed by atoms with Crippen molar-refractivity contribution in [2.24, 2.45) is 11.7 Å². The first-order valence-corrected chi connectivity index (χ1v) is 9.19. The Morgan fingerprint density at radius 2 is 1.72 bits per heavy atom. The standard InChI is InChI=1S/C19H26FN3O2/c20-15-9-8-14(22-18(25)19(21)10-4-5-11-19)12-16(15)23-17(24)13-6-2-1-3-7-13/h8-9,12-13H,1-7,10-11,21H2,(H,22,25)(H,23,24). The van der Waals surface area contributed by atoms with Crippen LogP contribution in [0.3, 0.4) is 0 Å². The van der Waals surface area contributed by atoms with Gasteiger partial charge in [-0.2, -0.15) is 0 Å². The molecule has 2 fully saturated rings. The topological polar surface area (TPSA) is 84.2 Å². The second-order valence-corrected chi connectivity index (χ2v) is 7.34. The average Bonchev–Trinajstić information content (AvgIpc) is 3.06. The first kappa shape index (κ1) is 17.9. The van der Waals surface area contributed by atoms with Crippen LogP contribution in [0.2, 0.25) is 0 Å². The maximum atomic E-state index is 14.1. The highest BCUT2D eigenvalue weighted by Gasteiger charge is 2.37. The first-order valence-electron chi connectivity index (χ1n) is 9.19. The van der Waals surface area contributed by atoms with E-state index in [1.54, 1.807) is 0 Å². The molecule has 5 nitrogen and oxygen atoms in total. The molecular weight excluding hydrogens is 321 g/mol. The van der Waals surface area contributed by atoms with Gasteiger partial charge in [0.25, 0.3) is 0 Å². The third-order valence-corrected chi connectivity index (χ3v) is 5.41. The number of halogens is 1. The third kappa shape index (κ3) is 4.18. The Morgan fingerprint density at radius 3 is 2.40 bits per heavy atom. The van der Waals surface area contributed by atoms with Crippen LogP contribution in [0.25, 0.3) is 0 Å². The van der Waals surface area contributed by atoms with Crippen molar-refractivity contribution in [2.75, 3.05) is 10.6 Å². The largest absolute Gasteiger partial charge is 0.324 e. The molecule has 0 radical (unpaired) electrons. The molecule has 4 N–H and O–H groups in total. The Balaban J connectivity index is 1.67. The summed E-state index contributed by atoms with van der Waals surface area (Å²) in [5, 5.41) is 5.44. The van der Waals surface area contributed by atoms with Gasteiger partial charge in [-0.3, -0.25) is 9.59 Å². The number of hydrogen-bond acceptors (Lipinski definition) is 3. The molecule has 0 heterocycles. The summed E-state index contributed by atoms with van der Waals surface area (Å²) in [5.41, 5.74) is 5.84. The molecule has 3 rings (SSSR count). The van der Waals surface area contributed by atoms with Gasteiger partial charge in [0.2, 0.25) is 11.8 Å². The summed E-state index contributed by atoms with van der Waals surface area (Å²) in [7, 11) is 0. The predicted molar refractivity (Wildman–Crippen MR) is 95.6 cm³/mol. The van der Waals surface area contributed by atoms with Gasteiger partial charge in [-0.25, -0.2) is 4.39 Å². The van der Waals surface area contributed by atoms with E-state index in [0.29, 0.717) is 18.5 Å². The van der Waals surface area contributed by atoms with E-state index in [0.717, 1.165) is 44.9 Å². The SMILES string of the molecule is NC1(C(=O)Nc2ccc(F)c(NC(=O)C3CCCCC3)c2)CCCC1. The van der Waals surface area contributed by atoms with E-state index >= 15 is 0 Å². The molecule has 0 bridgehead atoms. The van der Waals surface area contributed by atoms with Crippen molar-refractivity contribution in [3.05, 3.63) is 24.0 Å². The highest BCUT2D eigenvalue weighted by Crippen LogP contribution is 2.30. The maximum absolute atomic E-state index is 14.1. The molecule has 0 saturated heterocycles. The molecule has 0 aromatic heterocycles. The van der Waals surface area contributed by atoms with E-state index in [1.807, 2.05) is 0 Å². The predicted octanol–water partition coefficient (Wildman–Crippen LogP) is 3.55. The number of carbonyl (C=O) groups is 2. The highest BCUT2D eigenvalue weighted by atomic mass is 19.1. The van der Waals surface area contributed by atoms with E-state index in [-0.39, 0.29) is 23.4 Å². The lowest BCUT2D eigenvalue weighted by Gasteiger charge is -2.23. The Labute approximate surface area is 147 Å². The number of rotatable bonds is 4. The number of hydrogen-bond donors (Lipinski definition) is 3. The Kier molecular flexibility index (Phi) is 5.37. The van der Waals surface area contributed by atoms with Crippen LogP contribution in [0.1, 0.15) is 57.8 Å². The van der Waals surface area contributed by atoms with Crippen molar-refractivity contribution in [2.45, 2.75) is 63.3 Å². The first-order chi connectivity index (χ1) is 12.0. The molecule has 25 heavy (non-hydrogen) atoms. The fourth-order valence-electron chi connectivity index (χ4n) is 3.79. The summed E-state index contributed by atoms with van der Waals surface area (Å²) in [5.74, 6) is -0.961. The second-order valence-electron chi connectivity index (χ2n) is 7.34. The third-order valence-electron chi connectivity index (χ3n) is 5.41. The molecule has 0 aliphatic heterocycles. The van der Waals surface area contributed by atoms with E-state index in [1.165, 1.54) is 18.2 Å². The molecule has 0 atom stereocenters. The normalized spacial score (nSPS) is 20.2. The highest BCUT2D eigenvalue weighted by molar-refractivity contribution is 5.99. The van der Waals surface area contributed by atoms with Crippen LogP contribution in [0, 0.1) is 11.7 Å². The molecule has 2 aliphatic rings. The zero-order valence-electron chi connectivity index (χ0n) is 14.4. The van der Waals surface area contributed by atoms with Gasteiger partial charge in [-0.1, -0.05) is 32.1 Å². The van der Waals surface area contributed by atoms with E-state index in [9.17, 15) is 14.0 Å². The van der Waals surface area contributed by atoms with Crippen LogP contribution in [0.4, 0.5) is 15.8 Å². The summed E-state index contributed by atoms with van der Waals surface area (Å²) in [6, 6.07) is 4.21. The molecule has 136 valence electrons. The molecule has 2 saturated carbocycles. The van der Waals surface area contributed by atoms with E-state index < -0.39 is 11.4 Å². The van der Waals surface area contributed by atoms with Crippen molar-refractivity contribution in [1.82, 2.24) is 0 Å². The van der Waals surface area contributed by atoms with Crippen LogP contribution < -0.4 is 16.4 Å². The summed E-state index contributed by atoms with van der Waals surface area (Å²) in [6.45, 7) is 0. The van der Waals surface area contributed by atoms with Gasteiger partial charge in [0.15, 0.2) is 0 Å². The summed E-state index contributed by atoms with van der Waals surface area (Å²) in [4.78, 5) is 24.7. The number of anilines is 2. The van der Waals surface area contributed by atoms with Gasteiger partial charge in [0, 0.05) is 11.6 Å². The van der Waals surface area contributed by atoms with Gasteiger partial charge >= 0.3 is 0 Å². The van der Waals surface area contributed by atoms with Gasteiger partial charge in [-0.15, -0.1) is 0 Å². The molecule has 6 heteroatoms. The average molecular weight is 347 g/mol. The fraction of sp³-hybridized carbons (Fsp3) is 0.579. The van der Waals surface area contributed by atoms with Crippen LogP contribution in [-0.2, 0) is 9.59 Å². The number of nitrogens with two attached hydrogens (primary N) is 1. The van der Waals surface area contributed by atoms with Crippen LogP contribution in [0.15, 0.2) is 18.2 Å². The van der Waals surface area contributed by atoms with E-state index in [2.05, 4.69) is 10.6 Å². The lowest BCUT2D eigenvalue weighted by molar-refractivity contribution is -0.121. The van der Waals surface area contributed by atoms with Crippen molar-refractivity contribution in [1.29, 1.82) is 0 Å². The van der Waals surface area contributed by atoms with E-state index in [4.69, 9.17) is 5.73 Å². The van der Waals surface area contributed by atoms with Crippen LogP contribution in [0.5, 0.6) is 0 Å². The van der Waals surface area contributed by atoms with Crippen molar-refractivity contribution >= 4 is 23.2 Å². The smallest absolute Gasteiger partial charge is 0.244 e. The molecule has 1 aromatic carbocycles. The van der Waals surface area contributed by atoms with Crippen LogP contribution in [-0.4, -0.2) is 17.4 Å². The Hall–Kier alpha value is -1.95. The lowest BCUT2D eigenvalue weighted by Crippen LogP contribution is -2.48. The van der Waals surface area contributed by atoms with Gasteiger partial charge in [-0.05, 0) is 43.9 Å². The van der Waals surface area contributed by atoms with Crippen molar-refractivity contribution in [3.8, 4) is 0 Å². The monoisotopic (exact) mass is 347 g/mol. The van der Waals surface area contributed by atoms with Crippen molar-refractivity contribution in [3.63, 3.8) is 0 Å². The van der Waals surface area contributed by atoms with Gasteiger partial charge < -0.3 is 16.4 Å². The molecular formula is C19H26FN3O2. The van der Waals surface area contributed by atoms with Gasteiger partial charge in [0.05, 0.1) is 11.2 Å². The maximum Gasteiger partial charge on any atom is 0.244 e. The number of carbonyl (C=O) groups excluding carboxylic acids is 2. The van der Waals surface area contributed by atoms with Gasteiger partial charge in [0.1, 0.15) is 5.82 Å². The quantitative estimate of drug-likeness (QED) is 0.779. The molecule has 2 amide bonds.